The monoisotopic (exact) mass is 342 g/mol. The fourth-order valence-corrected chi connectivity index (χ4v) is 4.31. The second-order valence-corrected chi connectivity index (χ2v) is 6.86. The molecule has 1 saturated heterocycles. The SMILES string of the molecule is N#CC1=C(N)N=C(N2CCOCC2)C12C(=O)OC1=C2CCCCCC1. The van der Waals surface area contributed by atoms with E-state index in [9.17, 15) is 10.1 Å². The second kappa shape index (κ2) is 6.19. The fourth-order valence-electron chi connectivity index (χ4n) is 4.31. The lowest BCUT2D eigenvalue weighted by molar-refractivity contribution is -0.141. The number of nitrogens with zero attached hydrogens (tertiary/aromatic N) is 3. The third-order valence-corrected chi connectivity index (χ3v) is 5.51. The van der Waals surface area contributed by atoms with Crippen LogP contribution in [0.4, 0.5) is 0 Å². The molecule has 132 valence electrons. The summed E-state index contributed by atoms with van der Waals surface area (Å²) >= 11 is 0. The van der Waals surface area contributed by atoms with Crippen LogP contribution in [0.3, 0.4) is 0 Å². The first kappa shape index (κ1) is 16.2. The Hall–Kier alpha value is -2.33. The predicted octanol–water partition coefficient (Wildman–Crippen LogP) is 1.58. The van der Waals surface area contributed by atoms with Crippen molar-refractivity contribution in [2.75, 3.05) is 26.3 Å². The van der Waals surface area contributed by atoms with E-state index in [0.29, 0.717) is 32.1 Å². The molecule has 1 atom stereocenters. The Morgan fingerprint density at radius 1 is 1.16 bits per heavy atom. The van der Waals surface area contributed by atoms with Crippen LogP contribution in [0.1, 0.15) is 38.5 Å². The maximum Gasteiger partial charge on any atom is 0.334 e. The Morgan fingerprint density at radius 3 is 2.60 bits per heavy atom. The third-order valence-electron chi connectivity index (χ3n) is 5.51. The number of allylic oxidation sites excluding steroid dienone is 1. The van der Waals surface area contributed by atoms with Gasteiger partial charge in [-0.05, 0) is 24.8 Å². The van der Waals surface area contributed by atoms with E-state index in [1.54, 1.807) is 0 Å². The zero-order valence-corrected chi connectivity index (χ0v) is 14.2. The number of amidine groups is 1. The van der Waals surface area contributed by atoms with Gasteiger partial charge in [0.2, 0.25) is 0 Å². The van der Waals surface area contributed by atoms with Gasteiger partial charge in [0.05, 0.1) is 13.2 Å². The molecule has 3 heterocycles. The highest BCUT2D eigenvalue weighted by Crippen LogP contribution is 2.53. The number of esters is 1. The lowest BCUT2D eigenvalue weighted by atomic mass is 9.71. The number of hydrogen-bond donors (Lipinski definition) is 1. The first-order valence-corrected chi connectivity index (χ1v) is 8.96. The Labute approximate surface area is 146 Å². The molecule has 4 rings (SSSR count). The van der Waals surface area contributed by atoms with E-state index < -0.39 is 11.4 Å². The fraction of sp³-hybridized carbons (Fsp3) is 0.611. The molecule has 7 heteroatoms. The molecule has 0 amide bonds. The molecule has 0 aromatic rings. The molecule has 0 aromatic heterocycles. The number of morpholine rings is 1. The quantitative estimate of drug-likeness (QED) is 0.671. The van der Waals surface area contributed by atoms with E-state index >= 15 is 0 Å². The summed E-state index contributed by atoms with van der Waals surface area (Å²) < 4.78 is 11.1. The van der Waals surface area contributed by atoms with E-state index in [1.807, 2.05) is 4.90 Å². The van der Waals surface area contributed by atoms with Crippen molar-refractivity contribution >= 4 is 11.8 Å². The number of carbonyl (C=O) groups is 1. The van der Waals surface area contributed by atoms with Gasteiger partial charge in [0.1, 0.15) is 29.1 Å². The molecule has 1 spiro atoms. The van der Waals surface area contributed by atoms with Crippen LogP contribution in [0.15, 0.2) is 27.7 Å². The smallest absolute Gasteiger partial charge is 0.334 e. The van der Waals surface area contributed by atoms with Crippen molar-refractivity contribution in [2.24, 2.45) is 16.1 Å². The van der Waals surface area contributed by atoms with Gasteiger partial charge in [0.25, 0.3) is 0 Å². The molecule has 1 aliphatic carbocycles. The molecule has 25 heavy (non-hydrogen) atoms. The highest BCUT2D eigenvalue weighted by atomic mass is 16.5. The van der Waals surface area contributed by atoms with Crippen LogP contribution < -0.4 is 5.73 Å². The Kier molecular flexibility index (Phi) is 4.00. The average molecular weight is 342 g/mol. The summed E-state index contributed by atoms with van der Waals surface area (Å²) in [5, 5.41) is 9.78. The second-order valence-electron chi connectivity index (χ2n) is 6.86. The van der Waals surface area contributed by atoms with Crippen LogP contribution in [-0.4, -0.2) is 43.0 Å². The van der Waals surface area contributed by atoms with Crippen LogP contribution in [0.5, 0.6) is 0 Å². The van der Waals surface area contributed by atoms with E-state index in [-0.39, 0.29) is 11.4 Å². The standard InChI is InChI=1S/C18H22N4O3/c19-11-13-15(20)21-16(22-7-9-24-10-8-22)18(13)12-5-3-1-2-4-6-14(12)25-17(18)23/h1-10,20H2. The lowest BCUT2D eigenvalue weighted by Gasteiger charge is -2.36. The summed E-state index contributed by atoms with van der Waals surface area (Å²) in [6.45, 7) is 2.39. The number of fused-ring (bicyclic) bond motifs is 1. The molecule has 4 aliphatic rings. The molecule has 1 unspecified atom stereocenters. The van der Waals surface area contributed by atoms with Crippen LogP contribution in [0, 0.1) is 16.7 Å². The molecule has 7 nitrogen and oxygen atoms in total. The molecule has 0 radical (unpaired) electrons. The normalized spacial score (nSPS) is 30.0. The highest BCUT2D eigenvalue weighted by Gasteiger charge is 2.62. The van der Waals surface area contributed by atoms with Crippen LogP contribution in [0.25, 0.3) is 0 Å². The molecule has 2 N–H and O–H groups in total. The van der Waals surface area contributed by atoms with Gasteiger partial charge in [-0.25, -0.2) is 9.79 Å². The number of carbonyl (C=O) groups excluding carboxylic acids is 1. The van der Waals surface area contributed by atoms with Crippen molar-refractivity contribution in [2.45, 2.75) is 38.5 Å². The largest absolute Gasteiger partial charge is 0.430 e. The van der Waals surface area contributed by atoms with Crippen molar-refractivity contribution < 1.29 is 14.3 Å². The minimum Gasteiger partial charge on any atom is -0.430 e. The Balaban J connectivity index is 1.86. The number of nitrogens with two attached hydrogens (primary N) is 1. The summed E-state index contributed by atoms with van der Waals surface area (Å²) in [6.07, 6.45) is 5.70. The minimum atomic E-state index is -1.23. The number of aliphatic imine (C=N–C) groups is 1. The predicted molar refractivity (Wildman–Crippen MR) is 89.9 cm³/mol. The zero-order chi connectivity index (χ0) is 17.4. The highest BCUT2D eigenvalue weighted by molar-refractivity contribution is 6.16. The first-order chi connectivity index (χ1) is 12.2. The Bertz CT molecular complexity index is 740. The number of rotatable bonds is 0. The van der Waals surface area contributed by atoms with Crippen molar-refractivity contribution in [1.82, 2.24) is 4.90 Å². The van der Waals surface area contributed by atoms with Gasteiger partial charge in [-0.1, -0.05) is 12.8 Å². The molecular formula is C18H22N4O3. The van der Waals surface area contributed by atoms with Crippen molar-refractivity contribution in [3.05, 3.63) is 22.7 Å². The average Bonchev–Trinajstić information content (AvgIpc) is 3.04. The van der Waals surface area contributed by atoms with E-state index in [0.717, 1.165) is 49.9 Å². The Morgan fingerprint density at radius 2 is 1.88 bits per heavy atom. The first-order valence-electron chi connectivity index (χ1n) is 8.96. The number of hydrogen-bond acceptors (Lipinski definition) is 7. The van der Waals surface area contributed by atoms with Gasteiger partial charge in [-0.3, -0.25) is 0 Å². The molecule has 1 fully saturated rings. The van der Waals surface area contributed by atoms with Crippen molar-refractivity contribution in [1.29, 1.82) is 5.26 Å². The summed E-state index contributed by atoms with van der Waals surface area (Å²) in [4.78, 5) is 19.6. The maximum atomic E-state index is 13.1. The summed E-state index contributed by atoms with van der Waals surface area (Å²) in [5.74, 6) is 1.01. The molecule has 0 bridgehead atoms. The maximum absolute atomic E-state index is 13.1. The minimum absolute atomic E-state index is 0.136. The van der Waals surface area contributed by atoms with Crippen LogP contribution >= 0.6 is 0 Å². The summed E-state index contributed by atoms with van der Waals surface area (Å²) in [6, 6.07) is 2.16. The van der Waals surface area contributed by atoms with Gasteiger partial charge < -0.3 is 20.1 Å². The molecule has 0 aromatic carbocycles. The van der Waals surface area contributed by atoms with E-state index in [4.69, 9.17) is 15.2 Å². The van der Waals surface area contributed by atoms with E-state index in [2.05, 4.69) is 11.1 Å². The molecular weight excluding hydrogens is 320 g/mol. The summed E-state index contributed by atoms with van der Waals surface area (Å²) in [5.41, 5.74) is 5.97. The lowest BCUT2D eigenvalue weighted by Crippen LogP contribution is -2.51. The topological polar surface area (TPSA) is 101 Å². The number of ether oxygens (including phenoxy) is 2. The van der Waals surface area contributed by atoms with Crippen LogP contribution in [0.2, 0.25) is 0 Å². The van der Waals surface area contributed by atoms with Crippen molar-refractivity contribution in [3.8, 4) is 6.07 Å². The third kappa shape index (κ3) is 2.28. The van der Waals surface area contributed by atoms with Gasteiger partial charge in [-0.2, -0.15) is 5.26 Å². The molecule has 3 aliphatic heterocycles. The molecule has 0 saturated carbocycles. The van der Waals surface area contributed by atoms with Gasteiger partial charge >= 0.3 is 5.97 Å². The van der Waals surface area contributed by atoms with Gasteiger partial charge in [-0.15, -0.1) is 0 Å². The summed E-state index contributed by atoms with van der Waals surface area (Å²) in [7, 11) is 0. The van der Waals surface area contributed by atoms with Gasteiger partial charge in [0.15, 0.2) is 5.41 Å². The zero-order valence-electron chi connectivity index (χ0n) is 14.2. The van der Waals surface area contributed by atoms with Crippen molar-refractivity contribution in [3.63, 3.8) is 0 Å². The number of nitriles is 1. The van der Waals surface area contributed by atoms with Gasteiger partial charge in [0, 0.05) is 19.5 Å². The van der Waals surface area contributed by atoms with E-state index in [1.165, 1.54) is 0 Å². The van der Waals surface area contributed by atoms with Crippen LogP contribution in [-0.2, 0) is 14.3 Å².